The molecule has 8 heteroatoms. The van der Waals surface area contributed by atoms with Gasteiger partial charge in [0.1, 0.15) is 0 Å². The van der Waals surface area contributed by atoms with Gasteiger partial charge in [-0.15, -0.1) is 12.4 Å². The van der Waals surface area contributed by atoms with Crippen LogP contribution in [-0.2, 0) is 0 Å². The number of urea groups is 1. The normalized spacial score (nSPS) is 14.4. The van der Waals surface area contributed by atoms with Gasteiger partial charge in [-0.25, -0.2) is 4.79 Å². The summed E-state index contributed by atoms with van der Waals surface area (Å²) in [5, 5.41) is 5.88. The van der Waals surface area contributed by atoms with Gasteiger partial charge in [0.25, 0.3) is 5.91 Å². The first-order valence-corrected chi connectivity index (χ1v) is 7.09. The Kier molecular flexibility index (Phi) is 6.05. The lowest BCUT2D eigenvalue weighted by molar-refractivity contribution is 0.0916. The van der Waals surface area contributed by atoms with Crippen molar-refractivity contribution in [3.63, 3.8) is 0 Å². The molecular weight excluding hydrogens is 327 g/mol. The molecule has 3 amide bonds. The van der Waals surface area contributed by atoms with Crippen LogP contribution in [0.25, 0.3) is 0 Å². The largest absolute Gasteiger partial charge is 0.346 e. The number of carbonyl (C=O) groups is 2. The van der Waals surface area contributed by atoms with Crippen LogP contribution in [0.2, 0.25) is 5.02 Å². The summed E-state index contributed by atoms with van der Waals surface area (Å²) in [4.78, 5) is 25.6. The van der Waals surface area contributed by atoms with E-state index >= 15 is 0 Å². The van der Waals surface area contributed by atoms with E-state index in [9.17, 15) is 9.59 Å². The number of carbonyl (C=O) groups excluding carboxylic acids is 2. The zero-order valence-corrected chi connectivity index (χ0v) is 14.1. The molecule has 22 heavy (non-hydrogen) atoms. The van der Waals surface area contributed by atoms with E-state index in [4.69, 9.17) is 17.3 Å². The molecule has 6 nitrogen and oxygen atoms in total. The summed E-state index contributed by atoms with van der Waals surface area (Å²) < 4.78 is 0. The molecule has 1 aliphatic rings. The number of hydrogen-bond donors (Lipinski definition) is 3. The minimum Gasteiger partial charge on any atom is -0.346 e. The summed E-state index contributed by atoms with van der Waals surface area (Å²) in [7, 11) is 0. The summed E-state index contributed by atoms with van der Waals surface area (Å²) in [6, 6.07) is 4.78. The second-order valence-corrected chi connectivity index (χ2v) is 6.00. The van der Waals surface area contributed by atoms with Gasteiger partial charge in [-0.3, -0.25) is 9.69 Å². The summed E-state index contributed by atoms with van der Waals surface area (Å²) in [5.74, 6) is -0.308. The van der Waals surface area contributed by atoms with Crippen LogP contribution in [0.5, 0.6) is 0 Å². The maximum Gasteiger partial charge on any atom is 0.321 e. The van der Waals surface area contributed by atoms with E-state index in [0.29, 0.717) is 35.9 Å². The lowest BCUT2D eigenvalue weighted by Crippen LogP contribution is -2.48. The van der Waals surface area contributed by atoms with Crippen LogP contribution in [0.3, 0.4) is 0 Å². The minimum absolute atomic E-state index is 0. The highest BCUT2D eigenvalue weighted by Gasteiger charge is 2.24. The van der Waals surface area contributed by atoms with Crippen molar-refractivity contribution in [1.82, 2.24) is 10.6 Å². The van der Waals surface area contributed by atoms with Crippen molar-refractivity contribution < 1.29 is 9.59 Å². The zero-order valence-electron chi connectivity index (χ0n) is 12.5. The van der Waals surface area contributed by atoms with E-state index in [1.165, 1.54) is 0 Å². The highest BCUT2D eigenvalue weighted by atomic mass is 35.5. The molecule has 1 aromatic rings. The Morgan fingerprint density at radius 3 is 2.73 bits per heavy atom. The standard InChI is InChI=1S/C14H19ClN4O2.ClH/c1-14(2,8-16)18-12(20)10-7-9(3-4-11(10)15)19-6-5-17-13(19)21;/h3-4,7H,5-6,8,16H2,1-2H3,(H,17,21)(H,18,20);1H. The van der Waals surface area contributed by atoms with Gasteiger partial charge in [0, 0.05) is 30.9 Å². The van der Waals surface area contributed by atoms with E-state index in [-0.39, 0.29) is 24.3 Å². The molecule has 1 heterocycles. The average molecular weight is 347 g/mol. The summed E-state index contributed by atoms with van der Waals surface area (Å²) in [6.45, 7) is 5.12. The van der Waals surface area contributed by atoms with Crippen molar-refractivity contribution in [3.05, 3.63) is 28.8 Å². The molecule has 2 rings (SSSR count). The van der Waals surface area contributed by atoms with Crippen molar-refractivity contribution in [2.24, 2.45) is 5.73 Å². The number of halogens is 2. The topological polar surface area (TPSA) is 87.5 Å². The lowest BCUT2D eigenvalue weighted by Gasteiger charge is -2.25. The molecule has 0 atom stereocenters. The highest BCUT2D eigenvalue weighted by Crippen LogP contribution is 2.24. The van der Waals surface area contributed by atoms with Crippen molar-refractivity contribution in [1.29, 1.82) is 0 Å². The van der Waals surface area contributed by atoms with Crippen LogP contribution in [0.1, 0.15) is 24.2 Å². The number of nitrogens with one attached hydrogen (secondary N) is 2. The lowest BCUT2D eigenvalue weighted by atomic mass is 10.0. The Bertz CT molecular complexity index is 578. The SMILES string of the molecule is CC(C)(CN)NC(=O)c1cc(N2CCNC2=O)ccc1Cl.Cl. The van der Waals surface area contributed by atoms with Crippen LogP contribution >= 0.6 is 24.0 Å². The second-order valence-electron chi connectivity index (χ2n) is 5.59. The summed E-state index contributed by atoms with van der Waals surface area (Å²) in [6.07, 6.45) is 0. The molecule has 0 saturated carbocycles. The van der Waals surface area contributed by atoms with Crippen LogP contribution in [0, 0.1) is 0 Å². The van der Waals surface area contributed by atoms with Gasteiger partial charge in [-0.1, -0.05) is 11.6 Å². The molecule has 1 aromatic carbocycles. The zero-order chi connectivity index (χ0) is 15.6. The first-order chi connectivity index (χ1) is 9.84. The Morgan fingerprint density at radius 2 is 2.18 bits per heavy atom. The third kappa shape index (κ3) is 4.03. The molecule has 122 valence electrons. The number of anilines is 1. The van der Waals surface area contributed by atoms with Gasteiger partial charge in [0.05, 0.1) is 10.6 Å². The third-order valence-electron chi connectivity index (χ3n) is 3.33. The maximum absolute atomic E-state index is 12.3. The van der Waals surface area contributed by atoms with Gasteiger partial charge in [-0.2, -0.15) is 0 Å². The average Bonchev–Trinajstić information content (AvgIpc) is 2.85. The van der Waals surface area contributed by atoms with Crippen molar-refractivity contribution in [3.8, 4) is 0 Å². The van der Waals surface area contributed by atoms with E-state index < -0.39 is 5.54 Å². The Balaban J connectivity index is 0.00000242. The fraction of sp³-hybridized carbons (Fsp3) is 0.429. The van der Waals surface area contributed by atoms with Crippen molar-refractivity contribution >= 4 is 41.6 Å². The molecule has 1 aliphatic heterocycles. The maximum atomic E-state index is 12.3. The van der Waals surface area contributed by atoms with Gasteiger partial charge in [0.15, 0.2) is 0 Å². The van der Waals surface area contributed by atoms with Crippen LogP contribution in [0.15, 0.2) is 18.2 Å². The quantitative estimate of drug-likeness (QED) is 0.776. The molecule has 1 fully saturated rings. The van der Waals surface area contributed by atoms with Crippen LogP contribution in [0.4, 0.5) is 10.5 Å². The second kappa shape index (κ2) is 7.17. The number of hydrogen-bond acceptors (Lipinski definition) is 3. The van der Waals surface area contributed by atoms with Crippen LogP contribution < -0.4 is 21.3 Å². The predicted molar refractivity (Wildman–Crippen MR) is 90.0 cm³/mol. The number of nitrogens with zero attached hydrogens (tertiary/aromatic N) is 1. The molecule has 0 radical (unpaired) electrons. The summed E-state index contributed by atoms with van der Waals surface area (Å²) >= 11 is 6.10. The Morgan fingerprint density at radius 1 is 1.50 bits per heavy atom. The molecular formula is C14H20Cl2N4O2. The van der Waals surface area contributed by atoms with E-state index in [1.807, 2.05) is 13.8 Å². The van der Waals surface area contributed by atoms with E-state index in [2.05, 4.69) is 10.6 Å². The van der Waals surface area contributed by atoms with Gasteiger partial charge in [-0.05, 0) is 32.0 Å². The fourth-order valence-electron chi connectivity index (χ4n) is 2.00. The number of amides is 3. The number of benzene rings is 1. The Labute approximate surface area is 140 Å². The van der Waals surface area contributed by atoms with Crippen molar-refractivity contribution in [2.45, 2.75) is 19.4 Å². The van der Waals surface area contributed by atoms with E-state index in [1.54, 1.807) is 23.1 Å². The van der Waals surface area contributed by atoms with Crippen molar-refractivity contribution in [2.75, 3.05) is 24.5 Å². The predicted octanol–water partition coefficient (Wildman–Crippen LogP) is 1.76. The van der Waals surface area contributed by atoms with Gasteiger partial charge < -0.3 is 16.4 Å². The summed E-state index contributed by atoms with van der Waals surface area (Å²) in [5.41, 5.74) is 6.06. The molecule has 0 unspecified atom stereocenters. The minimum atomic E-state index is -0.526. The first kappa shape index (κ1) is 18.5. The molecule has 1 saturated heterocycles. The number of rotatable bonds is 4. The molecule has 0 aliphatic carbocycles. The fourth-order valence-corrected chi connectivity index (χ4v) is 2.20. The van der Waals surface area contributed by atoms with E-state index in [0.717, 1.165) is 0 Å². The monoisotopic (exact) mass is 346 g/mol. The van der Waals surface area contributed by atoms with Gasteiger partial charge in [0.2, 0.25) is 0 Å². The number of nitrogens with two attached hydrogens (primary N) is 1. The third-order valence-corrected chi connectivity index (χ3v) is 3.65. The molecule has 0 bridgehead atoms. The molecule has 4 N–H and O–H groups in total. The molecule has 0 aromatic heterocycles. The van der Waals surface area contributed by atoms with Crippen LogP contribution in [-0.4, -0.2) is 37.1 Å². The first-order valence-electron chi connectivity index (χ1n) is 6.71. The molecule has 0 spiro atoms. The highest BCUT2D eigenvalue weighted by molar-refractivity contribution is 6.34. The smallest absolute Gasteiger partial charge is 0.321 e. The van der Waals surface area contributed by atoms with Gasteiger partial charge >= 0.3 is 6.03 Å². The Hall–Kier alpha value is -1.50.